The summed E-state index contributed by atoms with van der Waals surface area (Å²) in [7, 11) is 0. The summed E-state index contributed by atoms with van der Waals surface area (Å²) in [6.45, 7) is 5.31. The molecule has 0 aliphatic carbocycles. The average Bonchev–Trinajstić information content (AvgIpc) is 2.31. The molecule has 17 heavy (non-hydrogen) atoms. The van der Waals surface area contributed by atoms with Crippen molar-refractivity contribution in [3.8, 4) is 0 Å². The number of hydrogen-bond donors (Lipinski definition) is 0. The van der Waals surface area contributed by atoms with Crippen LogP contribution in [0.1, 0.15) is 0 Å². The number of aromatic nitrogens is 1. The largest absolute Gasteiger partial charge is 0.353 e. The smallest absolute Gasteiger partial charge is 0.143 e. The van der Waals surface area contributed by atoms with E-state index in [2.05, 4.69) is 46.6 Å². The summed E-state index contributed by atoms with van der Waals surface area (Å²) in [6, 6.07) is 1.90. The first-order chi connectivity index (χ1) is 8.20. The fourth-order valence-electron chi connectivity index (χ4n) is 1.94. The third-order valence-corrected chi connectivity index (χ3v) is 4.01. The highest BCUT2D eigenvalue weighted by molar-refractivity contribution is 9.10. The van der Waals surface area contributed by atoms with E-state index in [1.54, 1.807) is 6.20 Å². The molecular formula is C11H14Br2ClN3. The van der Waals surface area contributed by atoms with Crippen LogP contribution in [0, 0.1) is 0 Å². The Kier molecular flexibility index (Phi) is 5.09. The van der Waals surface area contributed by atoms with Crippen molar-refractivity contribution in [2.75, 3.05) is 43.0 Å². The SMILES string of the molecule is Clc1cnc(N2CCN(CCBr)CC2)c(Br)c1. The summed E-state index contributed by atoms with van der Waals surface area (Å²) in [5.74, 6) is 0.993. The first kappa shape index (κ1) is 13.6. The van der Waals surface area contributed by atoms with Crippen LogP contribution < -0.4 is 4.90 Å². The monoisotopic (exact) mass is 381 g/mol. The number of anilines is 1. The number of rotatable bonds is 3. The van der Waals surface area contributed by atoms with Gasteiger partial charge < -0.3 is 4.90 Å². The molecule has 0 spiro atoms. The molecule has 1 aliphatic heterocycles. The van der Waals surface area contributed by atoms with Crippen LogP contribution in [0.25, 0.3) is 0 Å². The molecule has 1 fully saturated rings. The van der Waals surface area contributed by atoms with Gasteiger partial charge in [0.15, 0.2) is 0 Å². The van der Waals surface area contributed by atoms with Crippen molar-refractivity contribution >= 4 is 49.3 Å². The first-order valence-corrected chi connectivity index (χ1v) is 7.84. The first-order valence-electron chi connectivity index (χ1n) is 5.55. The second-order valence-corrected chi connectivity index (χ2v) is 6.06. The lowest BCUT2D eigenvalue weighted by atomic mass is 10.3. The summed E-state index contributed by atoms with van der Waals surface area (Å²) < 4.78 is 0.971. The van der Waals surface area contributed by atoms with Gasteiger partial charge >= 0.3 is 0 Å². The highest BCUT2D eigenvalue weighted by atomic mass is 79.9. The third-order valence-electron chi connectivity index (χ3n) is 2.86. The van der Waals surface area contributed by atoms with Crippen LogP contribution in [-0.2, 0) is 0 Å². The molecule has 1 aromatic heterocycles. The normalized spacial score (nSPS) is 17.5. The highest BCUT2D eigenvalue weighted by Gasteiger charge is 2.19. The predicted octanol–water partition coefficient (Wildman–Crippen LogP) is 3.01. The second kappa shape index (κ2) is 6.36. The van der Waals surface area contributed by atoms with Crippen LogP contribution in [0.5, 0.6) is 0 Å². The Morgan fingerprint density at radius 2 is 2.00 bits per heavy atom. The molecule has 0 unspecified atom stereocenters. The zero-order valence-electron chi connectivity index (χ0n) is 9.37. The van der Waals surface area contributed by atoms with Gasteiger partial charge in [-0.15, -0.1) is 0 Å². The molecule has 0 N–H and O–H groups in total. The minimum absolute atomic E-state index is 0.665. The van der Waals surface area contributed by atoms with E-state index in [4.69, 9.17) is 11.6 Å². The van der Waals surface area contributed by atoms with E-state index in [0.29, 0.717) is 5.02 Å². The summed E-state index contributed by atoms with van der Waals surface area (Å²) >= 11 is 12.9. The van der Waals surface area contributed by atoms with Crippen LogP contribution in [0.15, 0.2) is 16.7 Å². The van der Waals surface area contributed by atoms with Gasteiger partial charge in [-0.05, 0) is 22.0 Å². The molecule has 6 heteroatoms. The summed E-state index contributed by atoms with van der Waals surface area (Å²) in [5, 5.41) is 1.70. The van der Waals surface area contributed by atoms with Gasteiger partial charge in [-0.2, -0.15) is 0 Å². The minimum Gasteiger partial charge on any atom is -0.353 e. The van der Waals surface area contributed by atoms with Gasteiger partial charge in [0.2, 0.25) is 0 Å². The number of piperazine rings is 1. The fourth-order valence-corrected chi connectivity index (χ4v) is 3.33. The van der Waals surface area contributed by atoms with Crippen molar-refractivity contribution in [3.05, 3.63) is 21.8 Å². The molecule has 0 amide bonds. The van der Waals surface area contributed by atoms with Crippen molar-refractivity contribution in [3.63, 3.8) is 0 Å². The standard InChI is InChI=1S/C11H14Br2ClN3/c12-1-2-16-3-5-17(6-4-16)11-10(13)7-9(14)8-15-11/h7-8H,1-6H2. The average molecular weight is 384 g/mol. The molecular weight excluding hydrogens is 369 g/mol. The number of alkyl halides is 1. The van der Waals surface area contributed by atoms with E-state index in [1.165, 1.54) is 0 Å². The number of nitrogens with zero attached hydrogens (tertiary/aromatic N) is 3. The van der Waals surface area contributed by atoms with Gasteiger partial charge in [0, 0.05) is 44.3 Å². The van der Waals surface area contributed by atoms with Crippen molar-refractivity contribution in [2.24, 2.45) is 0 Å². The maximum absolute atomic E-state index is 5.90. The van der Waals surface area contributed by atoms with Crippen LogP contribution in [-0.4, -0.2) is 47.9 Å². The quantitative estimate of drug-likeness (QED) is 0.748. The molecule has 1 aromatic rings. The summed E-state index contributed by atoms with van der Waals surface area (Å²) in [4.78, 5) is 9.14. The van der Waals surface area contributed by atoms with Crippen molar-refractivity contribution in [1.29, 1.82) is 0 Å². The molecule has 1 saturated heterocycles. The number of hydrogen-bond acceptors (Lipinski definition) is 3. The molecule has 1 aliphatic rings. The molecule has 2 rings (SSSR count). The molecule has 94 valence electrons. The van der Waals surface area contributed by atoms with Crippen molar-refractivity contribution < 1.29 is 0 Å². The van der Waals surface area contributed by atoms with E-state index in [1.807, 2.05) is 6.07 Å². The van der Waals surface area contributed by atoms with E-state index < -0.39 is 0 Å². The lowest BCUT2D eigenvalue weighted by Crippen LogP contribution is -2.47. The zero-order chi connectivity index (χ0) is 12.3. The Bertz CT molecular complexity index is 381. The molecule has 0 radical (unpaired) electrons. The maximum Gasteiger partial charge on any atom is 0.143 e. The van der Waals surface area contributed by atoms with E-state index >= 15 is 0 Å². The fraction of sp³-hybridized carbons (Fsp3) is 0.545. The Labute approximate surface area is 123 Å². The predicted molar refractivity (Wildman–Crippen MR) is 79.4 cm³/mol. The molecule has 2 heterocycles. The molecule has 0 bridgehead atoms. The minimum atomic E-state index is 0.665. The molecule has 0 atom stereocenters. The third kappa shape index (κ3) is 3.56. The van der Waals surface area contributed by atoms with Crippen molar-refractivity contribution in [2.45, 2.75) is 0 Å². The maximum atomic E-state index is 5.90. The Morgan fingerprint density at radius 1 is 1.29 bits per heavy atom. The van der Waals surface area contributed by atoms with Gasteiger partial charge in [-0.25, -0.2) is 4.98 Å². The zero-order valence-corrected chi connectivity index (χ0v) is 13.3. The van der Waals surface area contributed by atoms with E-state index in [-0.39, 0.29) is 0 Å². The van der Waals surface area contributed by atoms with Crippen LogP contribution in [0.2, 0.25) is 5.02 Å². The van der Waals surface area contributed by atoms with Crippen LogP contribution in [0.3, 0.4) is 0 Å². The Hall–Kier alpha value is 0.160. The molecule has 0 saturated carbocycles. The van der Waals surface area contributed by atoms with Crippen molar-refractivity contribution in [1.82, 2.24) is 9.88 Å². The lowest BCUT2D eigenvalue weighted by molar-refractivity contribution is 0.273. The van der Waals surface area contributed by atoms with Gasteiger partial charge in [-0.3, -0.25) is 4.90 Å². The van der Waals surface area contributed by atoms with Gasteiger partial charge in [0.05, 0.1) is 9.50 Å². The van der Waals surface area contributed by atoms with Crippen LogP contribution in [0.4, 0.5) is 5.82 Å². The van der Waals surface area contributed by atoms with Gasteiger partial charge in [0.25, 0.3) is 0 Å². The molecule has 0 aromatic carbocycles. The van der Waals surface area contributed by atoms with E-state index in [0.717, 1.165) is 48.3 Å². The van der Waals surface area contributed by atoms with Gasteiger partial charge in [-0.1, -0.05) is 27.5 Å². The Balaban J connectivity index is 2.00. The van der Waals surface area contributed by atoms with Crippen LogP contribution >= 0.6 is 43.5 Å². The number of pyridine rings is 1. The summed E-state index contributed by atoms with van der Waals surface area (Å²) in [5.41, 5.74) is 0. The Morgan fingerprint density at radius 3 is 2.59 bits per heavy atom. The summed E-state index contributed by atoms with van der Waals surface area (Å²) in [6.07, 6.45) is 1.70. The highest BCUT2D eigenvalue weighted by Crippen LogP contribution is 2.27. The lowest BCUT2D eigenvalue weighted by Gasteiger charge is -2.35. The van der Waals surface area contributed by atoms with E-state index in [9.17, 15) is 0 Å². The van der Waals surface area contributed by atoms with Gasteiger partial charge in [0.1, 0.15) is 5.82 Å². The molecule has 3 nitrogen and oxygen atoms in total. The topological polar surface area (TPSA) is 19.4 Å². The number of halogens is 3. The second-order valence-electron chi connectivity index (χ2n) is 3.98.